The average Bonchev–Trinajstić information content (AvgIpc) is 2.97. The molecule has 0 amide bonds. The van der Waals surface area contributed by atoms with E-state index in [0.29, 0.717) is 0 Å². The Hall–Kier alpha value is -2.71. The molecule has 4 aromatic rings. The Morgan fingerprint density at radius 3 is 0.909 bits per heavy atom. The Morgan fingerprint density at radius 2 is 0.682 bits per heavy atom. The molecule has 18 heteroatoms. The third kappa shape index (κ3) is 8.31. The Bertz CT molecular complexity index is 1600. The molecule has 0 atom stereocenters. The summed E-state index contributed by atoms with van der Waals surface area (Å²) in [4.78, 5) is 0. The van der Waals surface area contributed by atoms with Crippen LogP contribution in [0.1, 0.15) is 0 Å². The van der Waals surface area contributed by atoms with E-state index in [1.807, 2.05) is 60.7 Å². The van der Waals surface area contributed by atoms with Crippen LogP contribution in [0.25, 0.3) is 0 Å². The summed E-state index contributed by atoms with van der Waals surface area (Å²) in [7, 11) is -18.8. The molecule has 0 saturated carbocycles. The molecule has 0 aliphatic rings. The molecule has 6 nitrogen and oxygen atoms in total. The molecule has 4 aromatic carbocycles. The fourth-order valence-electron chi connectivity index (χ4n) is 3.55. The Morgan fingerprint density at radius 1 is 0.455 bits per heavy atom. The van der Waals surface area contributed by atoms with Crippen LogP contribution in [0.4, 0.5) is 26.3 Å². The van der Waals surface area contributed by atoms with Crippen LogP contribution < -0.4 is 20.7 Å². The summed E-state index contributed by atoms with van der Waals surface area (Å²) in [6, 6.07) is 30.5. The smallest absolute Gasteiger partial charge is 0.267 e. The first-order chi connectivity index (χ1) is 20.3. The first-order valence-electron chi connectivity index (χ1n) is 12.0. The van der Waals surface area contributed by atoms with E-state index in [2.05, 4.69) is 7.74 Å². The van der Waals surface area contributed by atoms with Crippen LogP contribution in [0.5, 0.6) is 0 Å². The zero-order chi connectivity index (χ0) is 32.9. The predicted octanol–water partition coefficient (Wildman–Crippen LogP) is 4.70. The molecule has 0 aromatic heterocycles. The van der Waals surface area contributed by atoms with Gasteiger partial charge in [0, 0.05) is 10.4 Å². The number of hydrogen-bond acceptors (Lipinski definition) is 6. The van der Waals surface area contributed by atoms with E-state index in [1.165, 1.54) is 12.1 Å². The highest BCUT2D eigenvalue weighted by Crippen LogP contribution is 2.32. The maximum absolute atomic E-state index is 12.9. The molecule has 0 fully saturated rings. The second-order valence-corrected chi connectivity index (χ2v) is 21.4. The van der Waals surface area contributed by atoms with Crippen LogP contribution in [0.3, 0.4) is 0 Å². The van der Waals surface area contributed by atoms with Gasteiger partial charge < -0.3 is 0 Å². The van der Waals surface area contributed by atoms with Crippen LogP contribution >= 0.6 is 22.2 Å². The molecular weight excluding hydrogens is 713 g/mol. The van der Waals surface area contributed by atoms with Gasteiger partial charge >= 0.3 is 46.5 Å². The average molecular weight is 734 g/mol. The molecule has 0 bridgehead atoms. The monoisotopic (exact) mass is 732 g/mol. The number of rotatable bonds is 8. The Balaban J connectivity index is 0.000000293. The van der Waals surface area contributed by atoms with Crippen LogP contribution in [0.15, 0.2) is 121 Å². The number of hydrogen-bond donors (Lipinski definition) is 0. The van der Waals surface area contributed by atoms with Gasteiger partial charge in [-0.05, 0) is 10.4 Å². The van der Waals surface area contributed by atoms with Gasteiger partial charge in [0.05, 0.1) is 0 Å². The minimum atomic E-state index is -6.56. The van der Waals surface area contributed by atoms with E-state index >= 15 is 0 Å². The summed E-state index contributed by atoms with van der Waals surface area (Å²) in [5.74, 6) is 0. The topological polar surface area (TPSA) is 86.7 Å². The molecule has 0 N–H and O–H groups in total. The highest BCUT2D eigenvalue weighted by atomic mass is 35.7. The quantitative estimate of drug-likeness (QED) is 0.113. The van der Waals surface area contributed by atoms with Gasteiger partial charge in [0.15, 0.2) is 0 Å². The lowest BCUT2D eigenvalue weighted by molar-refractivity contribution is -0.0527. The van der Waals surface area contributed by atoms with Crippen molar-refractivity contribution < 1.29 is 50.9 Å². The molecule has 236 valence electrons. The first kappa shape index (κ1) is 35.8. The van der Waals surface area contributed by atoms with Gasteiger partial charge in [0.2, 0.25) is 0 Å². The van der Waals surface area contributed by atoms with Crippen molar-refractivity contribution in [3.63, 3.8) is 0 Å². The zero-order valence-corrected chi connectivity index (χ0v) is 27.0. The largest absolute Gasteiger partial charge is 0.522 e. The van der Waals surface area contributed by atoms with Crippen molar-refractivity contribution in [2.45, 2.75) is 11.0 Å². The first-order valence-corrected chi connectivity index (χ1v) is 20.6. The van der Waals surface area contributed by atoms with Gasteiger partial charge in [-0.2, -0.15) is 43.2 Å². The van der Waals surface area contributed by atoms with Crippen molar-refractivity contribution in [2.75, 3.05) is 0 Å². The Kier molecular flexibility index (Phi) is 11.2. The van der Waals surface area contributed by atoms with E-state index in [1.54, 1.807) is 0 Å². The molecular formula is C26H20Cl2F6O6S2Si2. The van der Waals surface area contributed by atoms with Gasteiger partial charge in [-0.3, -0.25) is 7.74 Å². The summed E-state index contributed by atoms with van der Waals surface area (Å²) in [5.41, 5.74) is -12.1. The van der Waals surface area contributed by atoms with Gasteiger partial charge in [-0.1, -0.05) is 121 Å². The molecule has 44 heavy (non-hydrogen) atoms. The third-order valence-electron chi connectivity index (χ3n) is 5.60. The minimum Gasteiger partial charge on any atom is -0.267 e. The molecule has 0 aliphatic carbocycles. The lowest BCUT2D eigenvalue weighted by atomic mass is 10.4. The molecule has 0 heterocycles. The summed E-state index contributed by atoms with van der Waals surface area (Å²) in [5, 5.41) is 0.817. The van der Waals surface area contributed by atoms with Crippen LogP contribution in [-0.4, -0.2) is 43.1 Å². The van der Waals surface area contributed by atoms with Crippen molar-refractivity contribution in [3.8, 4) is 0 Å². The van der Waals surface area contributed by atoms with Gasteiger partial charge in [0.25, 0.3) is 0 Å². The second-order valence-electron chi connectivity index (χ2n) is 8.62. The van der Waals surface area contributed by atoms with Crippen molar-refractivity contribution in [1.82, 2.24) is 0 Å². The zero-order valence-electron chi connectivity index (χ0n) is 21.8. The van der Waals surface area contributed by atoms with Crippen molar-refractivity contribution >= 4 is 78.4 Å². The van der Waals surface area contributed by atoms with E-state index in [0.717, 1.165) is 58.9 Å². The van der Waals surface area contributed by atoms with E-state index < -0.39 is 56.9 Å². The van der Waals surface area contributed by atoms with Crippen molar-refractivity contribution in [1.29, 1.82) is 0 Å². The van der Waals surface area contributed by atoms with E-state index in [-0.39, 0.29) is 0 Å². The molecule has 0 unspecified atom stereocenters. The summed E-state index contributed by atoms with van der Waals surface area (Å²) >= 11 is 13.0. The third-order valence-corrected chi connectivity index (χ3v) is 17.3. The molecule has 0 aliphatic heterocycles. The maximum atomic E-state index is 12.9. The normalized spacial score (nSPS) is 13.1. The fourth-order valence-corrected chi connectivity index (χ4v) is 13.3. The van der Waals surface area contributed by atoms with Gasteiger partial charge in [-0.25, -0.2) is 0 Å². The highest BCUT2D eigenvalue weighted by Gasteiger charge is 2.61. The SMILES string of the molecule is Cl[Si](Cl)(c1ccccc1)c1ccccc1.O=S(=O)(O[Si](OS(=O)(=O)C(F)(F)F)(c1ccccc1)c1ccccc1)C(F)(F)F. The number of halogens is 8. The van der Waals surface area contributed by atoms with Gasteiger partial charge in [0.1, 0.15) is 0 Å². The summed E-state index contributed by atoms with van der Waals surface area (Å²) in [6.45, 7) is -2.51. The minimum absolute atomic E-state index is 0.619. The summed E-state index contributed by atoms with van der Waals surface area (Å²) < 4.78 is 133. The van der Waals surface area contributed by atoms with Crippen molar-refractivity contribution in [2.24, 2.45) is 0 Å². The lowest BCUT2D eigenvalue weighted by Gasteiger charge is -2.30. The predicted molar refractivity (Wildman–Crippen MR) is 160 cm³/mol. The molecule has 0 spiro atoms. The van der Waals surface area contributed by atoms with E-state index in [9.17, 15) is 43.2 Å². The maximum Gasteiger partial charge on any atom is 0.522 e. The molecule has 0 radical (unpaired) electrons. The van der Waals surface area contributed by atoms with Crippen LogP contribution in [-0.2, 0) is 28.0 Å². The van der Waals surface area contributed by atoms with Gasteiger partial charge in [-0.15, -0.1) is 22.2 Å². The second kappa shape index (κ2) is 13.7. The molecule has 0 saturated heterocycles. The number of benzene rings is 4. The van der Waals surface area contributed by atoms with E-state index in [4.69, 9.17) is 22.2 Å². The highest BCUT2D eigenvalue weighted by molar-refractivity contribution is 7.90. The lowest BCUT2D eigenvalue weighted by Crippen LogP contribution is -2.66. The molecule has 4 rings (SSSR count). The van der Waals surface area contributed by atoms with Crippen LogP contribution in [0, 0.1) is 0 Å². The fraction of sp³-hybridized carbons (Fsp3) is 0.0769. The van der Waals surface area contributed by atoms with Crippen LogP contribution in [0.2, 0.25) is 0 Å². The number of alkyl halides is 6. The Labute approximate surface area is 260 Å². The van der Waals surface area contributed by atoms with Crippen molar-refractivity contribution in [3.05, 3.63) is 121 Å². The standard InChI is InChI=1S/C14H10F6O6S2Si.C12H10Cl2Si/c15-13(16,17)27(21,22)25-29(11-7-3-1-4-8-11,12-9-5-2-6-10-12)26-28(23,24)14(18,19)20;13-15(14,11-7-3-1-4-8-11)12-9-5-2-6-10-12/h1-10H;1-10H. The summed E-state index contributed by atoms with van der Waals surface area (Å²) in [6.07, 6.45) is 0.